The molecule has 0 amide bonds. The summed E-state index contributed by atoms with van der Waals surface area (Å²) < 4.78 is 20.2. The highest BCUT2D eigenvalue weighted by molar-refractivity contribution is 6.41. The van der Waals surface area contributed by atoms with Crippen LogP contribution < -0.4 is 4.89 Å². The number of rotatable bonds is 17. The second-order valence-electron chi connectivity index (χ2n) is 8.18. The fraction of sp³-hybridized carbons (Fsp3) is 0.233. The van der Waals surface area contributed by atoms with E-state index in [-0.39, 0.29) is 62.9 Å². The Bertz CT molecular complexity index is 1310. The average Bonchev–Trinajstić information content (AvgIpc) is 3.01. The van der Waals surface area contributed by atoms with Crippen LogP contribution in [0.25, 0.3) is 0 Å². The Labute approximate surface area is 235 Å². The lowest BCUT2D eigenvalue weighted by molar-refractivity contribution is -0.215. The van der Waals surface area contributed by atoms with Crippen molar-refractivity contribution in [3.05, 3.63) is 102 Å². The highest BCUT2D eigenvalue weighted by Gasteiger charge is 2.18. The average molecular weight is 565 g/mol. The van der Waals surface area contributed by atoms with Gasteiger partial charge >= 0.3 is 17.9 Å². The van der Waals surface area contributed by atoms with Crippen LogP contribution in [0, 0.1) is 0 Å². The smallest absolute Gasteiger partial charge is 0.379 e. The van der Waals surface area contributed by atoms with Crippen molar-refractivity contribution in [3.63, 3.8) is 0 Å². The summed E-state index contributed by atoms with van der Waals surface area (Å²) in [5, 5.41) is 0. The van der Waals surface area contributed by atoms with Crippen molar-refractivity contribution >= 4 is 29.5 Å². The van der Waals surface area contributed by atoms with Crippen molar-refractivity contribution in [1.29, 1.82) is 0 Å². The van der Waals surface area contributed by atoms with Crippen LogP contribution in [-0.2, 0) is 44.6 Å². The highest BCUT2D eigenvalue weighted by atomic mass is 17.2. The van der Waals surface area contributed by atoms with Gasteiger partial charge in [0.2, 0.25) is 0 Å². The van der Waals surface area contributed by atoms with E-state index in [1.807, 2.05) is 0 Å². The lowest BCUT2D eigenvalue weighted by Gasteiger charge is -2.10. The molecule has 0 saturated heterocycles. The molecule has 0 fully saturated rings. The Hall–Kier alpha value is -4.87. The molecule has 11 nitrogen and oxygen atoms in total. The summed E-state index contributed by atoms with van der Waals surface area (Å²) >= 11 is 0. The van der Waals surface area contributed by atoms with Crippen LogP contribution >= 0.6 is 0 Å². The summed E-state index contributed by atoms with van der Waals surface area (Å²) in [5.41, 5.74) is 0.950. The van der Waals surface area contributed by atoms with Crippen molar-refractivity contribution in [1.82, 2.24) is 0 Å². The number of carbonyl (C=O) groups excluding carboxylic acids is 5. The molecule has 0 aliphatic carbocycles. The standard InChI is InChI=1S/C30H28O11/c31-26(37-17-15-36-16-18-38-29(34)27(32)22-9-3-1-4-10-22)21-24-13-7-8-14-25(24)41-40-20-19-39-30(35)28(33)23-11-5-2-6-12-23/h1-14H,15-21H2. The minimum atomic E-state index is -1.01. The molecule has 0 atom stereocenters. The predicted molar refractivity (Wildman–Crippen MR) is 142 cm³/mol. The van der Waals surface area contributed by atoms with Crippen LogP contribution in [-0.4, -0.2) is 69.1 Å². The van der Waals surface area contributed by atoms with E-state index >= 15 is 0 Å². The predicted octanol–water partition coefficient (Wildman–Crippen LogP) is 2.95. The van der Waals surface area contributed by atoms with Gasteiger partial charge in [0.1, 0.15) is 26.4 Å². The topological polar surface area (TPSA) is 141 Å². The largest absolute Gasteiger partial charge is 0.463 e. The summed E-state index contributed by atoms with van der Waals surface area (Å²) in [6.07, 6.45) is -0.112. The van der Waals surface area contributed by atoms with E-state index in [0.717, 1.165) is 0 Å². The Morgan fingerprint density at radius 3 is 1.59 bits per heavy atom. The van der Waals surface area contributed by atoms with Crippen molar-refractivity contribution in [2.75, 3.05) is 39.6 Å². The molecule has 41 heavy (non-hydrogen) atoms. The van der Waals surface area contributed by atoms with Gasteiger partial charge in [-0.2, -0.15) is 4.89 Å². The summed E-state index contributed by atoms with van der Waals surface area (Å²) in [5.74, 6) is -3.77. The number of carbonyl (C=O) groups is 5. The second-order valence-corrected chi connectivity index (χ2v) is 8.18. The molecule has 0 aromatic heterocycles. The fourth-order valence-corrected chi connectivity index (χ4v) is 3.27. The number of hydrogen-bond acceptors (Lipinski definition) is 11. The van der Waals surface area contributed by atoms with Crippen LogP contribution in [0.1, 0.15) is 26.3 Å². The zero-order valence-corrected chi connectivity index (χ0v) is 22.0. The zero-order valence-electron chi connectivity index (χ0n) is 22.0. The third kappa shape index (κ3) is 10.7. The lowest BCUT2D eigenvalue weighted by Crippen LogP contribution is -2.20. The van der Waals surface area contributed by atoms with Crippen LogP contribution in [0.5, 0.6) is 5.75 Å². The number of Topliss-reactive ketones (excluding diaryl/α,β-unsaturated/α-hetero) is 2. The van der Waals surface area contributed by atoms with Crippen LogP contribution in [0.2, 0.25) is 0 Å². The number of ether oxygens (including phenoxy) is 4. The number of para-hydroxylation sites is 1. The molecular formula is C30H28O11. The van der Waals surface area contributed by atoms with Gasteiger partial charge in [-0.05, 0) is 6.07 Å². The molecule has 0 heterocycles. The van der Waals surface area contributed by atoms with Gasteiger partial charge in [-0.15, -0.1) is 0 Å². The SMILES string of the molecule is O=C(Cc1ccccc1OOCCOC(=O)C(=O)c1ccccc1)OCCOCCOC(=O)C(=O)c1ccccc1. The Kier molecular flexibility index (Phi) is 12.7. The van der Waals surface area contributed by atoms with E-state index in [2.05, 4.69) is 0 Å². The first kappa shape index (κ1) is 30.7. The van der Waals surface area contributed by atoms with Gasteiger partial charge < -0.3 is 23.8 Å². The van der Waals surface area contributed by atoms with Gasteiger partial charge in [0.05, 0.1) is 19.6 Å². The molecule has 11 heteroatoms. The monoisotopic (exact) mass is 564 g/mol. The lowest BCUT2D eigenvalue weighted by atomic mass is 10.1. The third-order valence-electron chi connectivity index (χ3n) is 5.25. The van der Waals surface area contributed by atoms with E-state index < -0.39 is 29.5 Å². The van der Waals surface area contributed by atoms with E-state index in [9.17, 15) is 24.0 Å². The van der Waals surface area contributed by atoms with E-state index in [4.69, 9.17) is 28.7 Å². The van der Waals surface area contributed by atoms with Gasteiger partial charge in [-0.1, -0.05) is 78.9 Å². The van der Waals surface area contributed by atoms with Gasteiger partial charge in [0.25, 0.3) is 11.6 Å². The fourth-order valence-electron chi connectivity index (χ4n) is 3.27. The molecule has 3 rings (SSSR count). The second kappa shape index (κ2) is 17.0. The number of hydrogen-bond donors (Lipinski definition) is 0. The maximum absolute atomic E-state index is 12.2. The first-order valence-corrected chi connectivity index (χ1v) is 12.6. The quantitative estimate of drug-likeness (QED) is 0.0454. The first-order chi connectivity index (χ1) is 20.0. The molecular weight excluding hydrogens is 536 g/mol. The molecule has 0 bridgehead atoms. The number of esters is 3. The van der Waals surface area contributed by atoms with Crippen molar-refractivity contribution in [2.45, 2.75) is 6.42 Å². The Balaban J connectivity index is 1.27. The molecule has 214 valence electrons. The Morgan fingerprint density at radius 1 is 0.512 bits per heavy atom. The maximum atomic E-state index is 12.2. The van der Waals surface area contributed by atoms with Gasteiger partial charge in [-0.25, -0.2) is 9.59 Å². The molecule has 0 radical (unpaired) electrons. The van der Waals surface area contributed by atoms with Crippen molar-refractivity contribution in [3.8, 4) is 5.75 Å². The van der Waals surface area contributed by atoms with Crippen LogP contribution in [0.15, 0.2) is 84.9 Å². The Morgan fingerprint density at radius 2 is 1.00 bits per heavy atom. The van der Waals surface area contributed by atoms with Crippen molar-refractivity contribution in [2.24, 2.45) is 0 Å². The minimum absolute atomic E-state index is 0.0229. The summed E-state index contributed by atoms with van der Waals surface area (Å²) in [6, 6.07) is 22.7. The van der Waals surface area contributed by atoms with Gasteiger partial charge in [-0.3, -0.25) is 14.4 Å². The number of ketones is 2. The molecule has 0 N–H and O–H groups in total. The summed E-state index contributed by atoms with van der Waals surface area (Å²) in [4.78, 5) is 70.0. The van der Waals surface area contributed by atoms with Crippen LogP contribution in [0.4, 0.5) is 0 Å². The molecule has 3 aromatic carbocycles. The molecule has 0 unspecified atom stereocenters. The minimum Gasteiger partial charge on any atom is -0.463 e. The molecule has 0 saturated carbocycles. The van der Waals surface area contributed by atoms with Gasteiger partial charge in [0, 0.05) is 16.7 Å². The van der Waals surface area contributed by atoms with E-state index in [1.165, 1.54) is 24.3 Å². The van der Waals surface area contributed by atoms with E-state index in [1.54, 1.807) is 60.7 Å². The van der Waals surface area contributed by atoms with Crippen LogP contribution in [0.3, 0.4) is 0 Å². The summed E-state index contributed by atoms with van der Waals surface area (Å²) in [6.45, 7) is -0.456. The molecule has 0 aliphatic rings. The molecule has 0 spiro atoms. The molecule has 3 aromatic rings. The first-order valence-electron chi connectivity index (χ1n) is 12.6. The van der Waals surface area contributed by atoms with Crippen molar-refractivity contribution < 1.29 is 52.7 Å². The zero-order chi connectivity index (χ0) is 29.3. The normalized spacial score (nSPS) is 10.3. The van der Waals surface area contributed by atoms with E-state index in [0.29, 0.717) is 5.56 Å². The maximum Gasteiger partial charge on any atom is 0.379 e. The summed E-state index contributed by atoms with van der Waals surface area (Å²) in [7, 11) is 0. The molecule has 0 aliphatic heterocycles. The van der Waals surface area contributed by atoms with Gasteiger partial charge in [0.15, 0.2) is 5.75 Å². The third-order valence-corrected chi connectivity index (χ3v) is 5.25. The number of benzene rings is 3. The highest BCUT2D eigenvalue weighted by Crippen LogP contribution is 2.19.